The zero-order valence-electron chi connectivity index (χ0n) is 43.7. The van der Waals surface area contributed by atoms with Crippen molar-refractivity contribution in [1.82, 2.24) is 5.32 Å². The Kier molecular flexibility index (Phi) is 53.5. The van der Waals surface area contributed by atoms with Crippen LogP contribution in [0.5, 0.6) is 0 Å². The van der Waals surface area contributed by atoms with Crippen LogP contribution in [-0.2, 0) is 14.3 Å². The number of hydrogen-bond acceptors (Lipinski definition) is 5. The number of hydrogen-bond donors (Lipinski definition) is 3. The Balaban J connectivity index is 3.47. The van der Waals surface area contributed by atoms with Gasteiger partial charge in [-0.1, -0.05) is 276 Å². The van der Waals surface area contributed by atoms with Gasteiger partial charge in [-0.25, -0.2) is 0 Å². The summed E-state index contributed by atoms with van der Waals surface area (Å²) in [5.41, 5.74) is 0. The first-order chi connectivity index (χ1) is 32.0. The van der Waals surface area contributed by atoms with E-state index in [1.54, 1.807) is 6.08 Å². The van der Waals surface area contributed by atoms with Gasteiger partial charge < -0.3 is 20.3 Å². The second-order valence-electron chi connectivity index (χ2n) is 20.0. The van der Waals surface area contributed by atoms with Gasteiger partial charge in [-0.15, -0.1) is 0 Å². The molecular formula is C59H113NO5. The predicted octanol–water partition coefficient (Wildman–Crippen LogP) is 17.9. The van der Waals surface area contributed by atoms with Crippen molar-refractivity contribution >= 4 is 11.9 Å². The molecule has 3 N–H and O–H groups in total. The highest BCUT2D eigenvalue weighted by atomic mass is 16.5. The molecular weight excluding hydrogens is 803 g/mol. The highest BCUT2D eigenvalue weighted by molar-refractivity contribution is 5.76. The SMILES string of the molecule is CCCC/C=C\CCCCCCCC(=O)OCCCCCCCCCCCCCCCCCCC(=O)NC(CO)C(O)/C=C/CCCCCCCCCCCCCCCCCCCCC. The molecule has 0 radical (unpaired) electrons. The van der Waals surface area contributed by atoms with E-state index in [1.807, 2.05) is 6.08 Å². The maximum atomic E-state index is 12.5. The number of esters is 1. The molecule has 0 rings (SSSR count). The van der Waals surface area contributed by atoms with Gasteiger partial charge >= 0.3 is 5.97 Å². The van der Waals surface area contributed by atoms with Gasteiger partial charge in [0.1, 0.15) is 0 Å². The summed E-state index contributed by atoms with van der Waals surface area (Å²) in [5, 5.41) is 23.2. The average Bonchev–Trinajstić information content (AvgIpc) is 3.31. The molecule has 6 heteroatoms. The minimum absolute atomic E-state index is 0.00861. The van der Waals surface area contributed by atoms with Gasteiger partial charge in [0, 0.05) is 12.8 Å². The van der Waals surface area contributed by atoms with E-state index in [0.29, 0.717) is 19.4 Å². The normalized spacial score (nSPS) is 12.7. The van der Waals surface area contributed by atoms with Gasteiger partial charge in [0.2, 0.25) is 5.91 Å². The number of aliphatic hydroxyl groups excluding tert-OH is 2. The molecule has 384 valence electrons. The lowest BCUT2D eigenvalue weighted by molar-refractivity contribution is -0.143. The van der Waals surface area contributed by atoms with Crippen LogP contribution in [0.4, 0.5) is 0 Å². The third kappa shape index (κ3) is 51.6. The number of aliphatic hydroxyl groups is 2. The van der Waals surface area contributed by atoms with Crippen LogP contribution in [0, 0.1) is 0 Å². The first kappa shape index (κ1) is 63.3. The topological polar surface area (TPSA) is 95.9 Å². The standard InChI is InChI=1S/C59H113NO5/c1-3-5-7-9-11-13-15-16-17-18-19-20-21-22-25-28-32-35-39-43-47-51-57(62)56(55-61)60-58(63)52-48-44-40-36-33-29-26-23-24-27-30-34-38-42-46-50-54-65-59(64)53-49-45-41-37-31-14-12-10-8-6-4-2/h10,12,47,51,56-57,61-62H,3-9,11,13-46,48-50,52-55H2,1-2H3,(H,60,63)/b12-10-,51-47+. The molecule has 2 unspecified atom stereocenters. The lowest BCUT2D eigenvalue weighted by Gasteiger charge is -2.20. The molecule has 0 spiro atoms. The summed E-state index contributed by atoms with van der Waals surface area (Å²) in [6.45, 7) is 4.87. The first-order valence-electron chi connectivity index (χ1n) is 29.1. The van der Waals surface area contributed by atoms with Crippen molar-refractivity contribution in [3.8, 4) is 0 Å². The van der Waals surface area contributed by atoms with Crippen LogP contribution in [0.2, 0.25) is 0 Å². The fourth-order valence-electron chi connectivity index (χ4n) is 8.97. The minimum atomic E-state index is -0.850. The summed E-state index contributed by atoms with van der Waals surface area (Å²) in [5.74, 6) is -0.0811. The molecule has 0 saturated carbocycles. The Bertz CT molecular complexity index is 1010. The van der Waals surface area contributed by atoms with E-state index in [1.165, 1.54) is 244 Å². The molecule has 0 aromatic heterocycles. The Morgan fingerprint density at radius 3 is 1.14 bits per heavy atom. The van der Waals surface area contributed by atoms with Crippen molar-refractivity contribution in [2.24, 2.45) is 0 Å². The lowest BCUT2D eigenvalue weighted by Crippen LogP contribution is -2.45. The zero-order chi connectivity index (χ0) is 47.2. The molecule has 0 fully saturated rings. The second-order valence-corrected chi connectivity index (χ2v) is 20.0. The van der Waals surface area contributed by atoms with E-state index >= 15 is 0 Å². The molecule has 0 aromatic rings. The summed E-state index contributed by atoms with van der Waals surface area (Å²) in [4.78, 5) is 24.5. The van der Waals surface area contributed by atoms with Crippen LogP contribution < -0.4 is 5.32 Å². The fraction of sp³-hybridized carbons (Fsp3) is 0.898. The molecule has 0 aliphatic heterocycles. The number of carbonyl (C=O) groups is 2. The van der Waals surface area contributed by atoms with Crippen molar-refractivity contribution in [3.05, 3.63) is 24.3 Å². The zero-order valence-corrected chi connectivity index (χ0v) is 43.7. The third-order valence-electron chi connectivity index (χ3n) is 13.5. The molecule has 0 heterocycles. The van der Waals surface area contributed by atoms with E-state index in [-0.39, 0.29) is 18.5 Å². The Morgan fingerprint density at radius 1 is 0.415 bits per heavy atom. The van der Waals surface area contributed by atoms with Crippen LogP contribution in [0.15, 0.2) is 24.3 Å². The average molecular weight is 917 g/mol. The van der Waals surface area contributed by atoms with Gasteiger partial charge in [0.05, 0.1) is 25.4 Å². The number of amides is 1. The number of allylic oxidation sites excluding steroid dienone is 3. The van der Waals surface area contributed by atoms with E-state index < -0.39 is 12.1 Å². The summed E-state index contributed by atoms with van der Waals surface area (Å²) < 4.78 is 5.45. The summed E-state index contributed by atoms with van der Waals surface area (Å²) in [6, 6.07) is -0.634. The molecule has 2 atom stereocenters. The summed E-state index contributed by atoms with van der Waals surface area (Å²) in [6.07, 6.45) is 66.3. The number of rotatable bonds is 54. The number of unbranched alkanes of at least 4 members (excludes halogenated alkanes) is 41. The van der Waals surface area contributed by atoms with Crippen LogP contribution in [-0.4, -0.2) is 47.4 Å². The molecule has 0 bridgehead atoms. The van der Waals surface area contributed by atoms with Gasteiger partial charge in [0.15, 0.2) is 0 Å². The molecule has 6 nitrogen and oxygen atoms in total. The van der Waals surface area contributed by atoms with Crippen molar-refractivity contribution in [2.75, 3.05) is 13.2 Å². The molecule has 0 aromatic carbocycles. The van der Waals surface area contributed by atoms with Gasteiger partial charge in [-0.3, -0.25) is 9.59 Å². The van der Waals surface area contributed by atoms with Crippen LogP contribution >= 0.6 is 0 Å². The minimum Gasteiger partial charge on any atom is -0.466 e. The van der Waals surface area contributed by atoms with Crippen molar-refractivity contribution in [3.63, 3.8) is 0 Å². The van der Waals surface area contributed by atoms with Crippen molar-refractivity contribution in [2.45, 2.75) is 328 Å². The quantitative estimate of drug-likeness (QED) is 0.0321. The van der Waals surface area contributed by atoms with Crippen molar-refractivity contribution < 1.29 is 24.5 Å². The van der Waals surface area contributed by atoms with Crippen LogP contribution in [0.3, 0.4) is 0 Å². The fourth-order valence-corrected chi connectivity index (χ4v) is 8.97. The van der Waals surface area contributed by atoms with E-state index in [2.05, 4.69) is 31.3 Å². The van der Waals surface area contributed by atoms with E-state index in [4.69, 9.17) is 4.74 Å². The summed E-state index contributed by atoms with van der Waals surface area (Å²) >= 11 is 0. The first-order valence-corrected chi connectivity index (χ1v) is 29.1. The van der Waals surface area contributed by atoms with Gasteiger partial charge in [0.25, 0.3) is 0 Å². The highest BCUT2D eigenvalue weighted by Gasteiger charge is 2.18. The Labute approximate surface area is 405 Å². The number of carbonyl (C=O) groups excluding carboxylic acids is 2. The smallest absolute Gasteiger partial charge is 0.305 e. The van der Waals surface area contributed by atoms with Crippen LogP contribution in [0.1, 0.15) is 316 Å². The van der Waals surface area contributed by atoms with E-state index in [9.17, 15) is 19.8 Å². The summed E-state index contributed by atoms with van der Waals surface area (Å²) in [7, 11) is 0. The van der Waals surface area contributed by atoms with Gasteiger partial charge in [-0.05, 0) is 51.4 Å². The number of nitrogens with one attached hydrogen (secondary N) is 1. The van der Waals surface area contributed by atoms with Crippen molar-refractivity contribution in [1.29, 1.82) is 0 Å². The second kappa shape index (κ2) is 54.9. The highest BCUT2D eigenvalue weighted by Crippen LogP contribution is 2.17. The number of ether oxygens (including phenoxy) is 1. The molecule has 1 amide bonds. The monoisotopic (exact) mass is 916 g/mol. The van der Waals surface area contributed by atoms with E-state index in [0.717, 1.165) is 44.9 Å². The molecule has 0 aliphatic rings. The maximum Gasteiger partial charge on any atom is 0.305 e. The molecule has 0 saturated heterocycles. The lowest BCUT2D eigenvalue weighted by atomic mass is 10.0. The Morgan fingerprint density at radius 2 is 0.738 bits per heavy atom. The Hall–Kier alpha value is -1.66. The molecule has 65 heavy (non-hydrogen) atoms. The maximum absolute atomic E-state index is 12.5. The third-order valence-corrected chi connectivity index (χ3v) is 13.5. The van der Waals surface area contributed by atoms with Gasteiger partial charge in [-0.2, -0.15) is 0 Å². The largest absolute Gasteiger partial charge is 0.466 e. The molecule has 0 aliphatic carbocycles. The predicted molar refractivity (Wildman–Crippen MR) is 283 cm³/mol. The van der Waals surface area contributed by atoms with Crippen LogP contribution in [0.25, 0.3) is 0 Å².